The van der Waals surface area contributed by atoms with E-state index in [-0.39, 0.29) is 17.2 Å². The van der Waals surface area contributed by atoms with Gasteiger partial charge >= 0.3 is 0 Å². The van der Waals surface area contributed by atoms with Gasteiger partial charge in [0.05, 0.1) is 34.7 Å². The maximum atomic E-state index is 12.4. The second-order valence-electron chi connectivity index (χ2n) is 7.86. The zero-order chi connectivity index (χ0) is 24.0. The van der Waals surface area contributed by atoms with Crippen LogP contribution in [0.5, 0.6) is 0 Å². The standard InChI is InChI=1S/C22H30N6O3S2/c1-5-10-24-20-18-14-25-28(21(18)27-22(26-20)32-4)12-11-23-19(29)13-16-6-8-17(9-7-16)33(30,31)15(2)3/h6-9,14-15H,5,10-13H2,1-4H3,(H,23,29)(H,24,26,27). The Labute approximate surface area is 198 Å². The minimum Gasteiger partial charge on any atom is -0.369 e. The number of carbonyl (C=O) groups is 1. The third-order valence-corrected chi connectivity index (χ3v) is 7.80. The van der Waals surface area contributed by atoms with Crippen molar-refractivity contribution in [3.63, 3.8) is 0 Å². The average Bonchev–Trinajstić information content (AvgIpc) is 3.20. The Kier molecular flexibility index (Phi) is 8.30. The minimum absolute atomic E-state index is 0.143. The maximum absolute atomic E-state index is 12.4. The molecule has 0 aliphatic heterocycles. The zero-order valence-corrected chi connectivity index (χ0v) is 21.0. The Morgan fingerprint density at radius 3 is 2.52 bits per heavy atom. The summed E-state index contributed by atoms with van der Waals surface area (Å²) in [4.78, 5) is 21.8. The van der Waals surface area contributed by atoms with Gasteiger partial charge in [0, 0.05) is 13.1 Å². The lowest BCUT2D eigenvalue weighted by atomic mass is 10.1. The van der Waals surface area contributed by atoms with E-state index in [9.17, 15) is 13.2 Å². The summed E-state index contributed by atoms with van der Waals surface area (Å²) in [6.45, 7) is 7.07. The lowest BCUT2D eigenvalue weighted by Crippen LogP contribution is -2.29. The van der Waals surface area contributed by atoms with Crippen molar-refractivity contribution < 1.29 is 13.2 Å². The third-order valence-electron chi connectivity index (χ3n) is 5.08. The van der Waals surface area contributed by atoms with E-state index < -0.39 is 15.1 Å². The molecule has 0 fully saturated rings. The molecule has 0 aliphatic rings. The van der Waals surface area contributed by atoms with Crippen molar-refractivity contribution in [2.45, 2.75) is 55.5 Å². The maximum Gasteiger partial charge on any atom is 0.224 e. The fourth-order valence-electron chi connectivity index (χ4n) is 3.19. The number of nitrogens with zero attached hydrogens (tertiary/aromatic N) is 4. The Balaban J connectivity index is 1.60. The van der Waals surface area contributed by atoms with Crippen LogP contribution < -0.4 is 10.6 Å². The molecule has 0 unspecified atom stereocenters. The highest BCUT2D eigenvalue weighted by molar-refractivity contribution is 7.98. The van der Waals surface area contributed by atoms with Crippen molar-refractivity contribution in [3.8, 4) is 0 Å². The lowest BCUT2D eigenvalue weighted by Gasteiger charge is -2.10. The number of carbonyl (C=O) groups excluding carboxylic acids is 1. The molecule has 11 heteroatoms. The second-order valence-corrected chi connectivity index (χ2v) is 11.1. The summed E-state index contributed by atoms with van der Waals surface area (Å²) in [5.74, 6) is 0.625. The SMILES string of the molecule is CCCNc1nc(SC)nc2c1cnn2CCNC(=O)Cc1ccc(S(=O)(=O)C(C)C)cc1. The van der Waals surface area contributed by atoms with Gasteiger partial charge in [0.2, 0.25) is 5.91 Å². The molecule has 33 heavy (non-hydrogen) atoms. The first-order valence-corrected chi connectivity index (χ1v) is 13.6. The van der Waals surface area contributed by atoms with Gasteiger partial charge in [0.25, 0.3) is 0 Å². The van der Waals surface area contributed by atoms with Gasteiger partial charge in [-0.25, -0.2) is 23.1 Å². The van der Waals surface area contributed by atoms with E-state index in [1.165, 1.54) is 11.8 Å². The number of anilines is 1. The lowest BCUT2D eigenvalue weighted by molar-refractivity contribution is -0.120. The summed E-state index contributed by atoms with van der Waals surface area (Å²) >= 11 is 1.47. The van der Waals surface area contributed by atoms with Gasteiger partial charge in [-0.2, -0.15) is 5.10 Å². The van der Waals surface area contributed by atoms with Crippen LogP contribution in [0.1, 0.15) is 32.8 Å². The fourth-order valence-corrected chi connectivity index (χ4v) is 4.61. The number of sulfone groups is 1. The Bertz CT molecular complexity index is 1210. The highest BCUT2D eigenvalue weighted by Gasteiger charge is 2.19. The molecule has 0 radical (unpaired) electrons. The number of thioether (sulfide) groups is 1. The largest absolute Gasteiger partial charge is 0.369 e. The van der Waals surface area contributed by atoms with Crippen molar-refractivity contribution >= 4 is 44.4 Å². The van der Waals surface area contributed by atoms with Crippen LogP contribution in [0.4, 0.5) is 5.82 Å². The molecule has 3 aromatic rings. The van der Waals surface area contributed by atoms with E-state index in [0.717, 1.165) is 35.4 Å². The van der Waals surface area contributed by atoms with Crippen molar-refractivity contribution in [2.75, 3.05) is 24.7 Å². The van der Waals surface area contributed by atoms with Crippen LogP contribution in [0.2, 0.25) is 0 Å². The molecule has 9 nitrogen and oxygen atoms in total. The van der Waals surface area contributed by atoms with Gasteiger partial charge in [-0.05, 0) is 44.2 Å². The Morgan fingerprint density at radius 2 is 1.88 bits per heavy atom. The summed E-state index contributed by atoms with van der Waals surface area (Å²) in [6, 6.07) is 6.48. The number of rotatable bonds is 11. The highest BCUT2D eigenvalue weighted by atomic mass is 32.2. The van der Waals surface area contributed by atoms with Crippen molar-refractivity contribution in [1.82, 2.24) is 25.1 Å². The van der Waals surface area contributed by atoms with Gasteiger partial charge < -0.3 is 10.6 Å². The highest BCUT2D eigenvalue weighted by Crippen LogP contribution is 2.23. The van der Waals surface area contributed by atoms with E-state index in [2.05, 4.69) is 32.6 Å². The number of aromatic nitrogens is 4. The summed E-state index contributed by atoms with van der Waals surface area (Å²) < 4.78 is 26.2. The first-order valence-electron chi connectivity index (χ1n) is 10.9. The van der Waals surface area contributed by atoms with Crippen LogP contribution in [0.3, 0.4) is 0 Å². The van der Waals surface area contributed by atoms with Crippen LogP contribution in [0.25, 0.3) is 11.0 Å². The molecular weight excluding hydrogens is 460 g/mol. The van der Waals surface area contributed by atoms with Crippen LogP contribution >= 0.6 is 11.8 Å². The predicted octanol–water partition coefficient (Wildman–Crippen LogP) is 2.91. The van der Waals surface area contributed by atoms with Gasteiger partial charge in [0.1, 0.15) is 5.82 Å². The normalized spacial score (nSPS) is 11.8. The van der Waals surface area contributed by atoms with Crippen molar-refractivity contribution in [1.29, 1.82) is 0 Å². The molecule has 1 amide bonds. The van der Waals surface area contributed by atoms with Crippen LogP contribution in [0.15, 0.2) is 40.5 Å². The number of nitrogens with one attached hydrogen (secondary N) is 2. The molecule has 2 heterocycles. The van der Waals surface area contributed by atoms with E-state index in [1.807, 2.05) is 6.26 Å². The van der Waals surface area contributed by atoms with Crippen LogP contribution in [-0.4, -0.2) is 58.7 Å². The third kappa shape index (κ3) is 6.02. The summed E-state index contributed by atoms with van der Waals surface area (Å²) in [5.41, 5.74) is 1.48. The number of benzene rings is 1. The molecule has 0 saturated heterocycles. The van der Waals surface area contributed by atoms with E-state index >= 15 is 0 Å². The van der Waals surface area contributed by atoms with Gasteiger partial charge in [-0.3, -0.25) is 4.79 Å². The summed E-state index contributed by atoms with van der Waals surface area (Å²) in [5, 5.41) is 11.7. The van der Waals surface area contributed by atoms with E-state index in [0.29, 0.717) is 18.2 Å². The average molecular weight is 491 g/mol. The molecule has 0 spiro atoms. The van der Waals surface area contributed by atoms with E-state index in [1.54, 1.807) is 49.0 Å². The molecule has 1 aromatic carbocycles. The van der Waals surface area contributed by atoms with Gasteiger partial charge in [-0.1, -0.05) is 30.8 Å². The van der Waals surface area contributed by atoms with Crippen LogP contribution in [-0.2, 0) is 27.6 Å². The second kappa shape index (κ2) is 11.0. The Hall–Kier alpha value is -2.66. The molecule has 3 rings (SSSR count). The van der Waals surface area contributed by atoms with Crippen molar-refractivity contribution in [2.24, 2.45) is 0 Å². The quantitative estimate of drug-likeness (QED) is 0.311. The van der Waals surface area contributed by atoms with Gasteiger partial charge in [-0.15, -0.1) is 0 Å². The van der Waals surface area contributed by atoms with Crippen LogP contribution in [0, 0.1) is 0 Å². The number of hydrogen-bond acceptors (Lipinski definition) is 8. The number of amides is 1. The molecule has 0 bridgehead atoms. The smallest absolute Gasteiger partial charge is 0.224 e. The van der Waals surface area contributed by atoms with Gasteiger partial charge in [0.15, 0.2) is 20.6 Å². The molecule has 0 aliphatic carbocycles. The monoisotopic (exact) mass is 490 g/mol. The molecule has 0 atom stereocenters. The minimum atomic E-state index is -3.32. The topological polar surface area (TPSA) is 119 Å². The fraction of sp³-hybridized carbons (Fsp3) is 0.455. The zero-order valence-electron chi connectivity index (χ0n) is 19.3. The summed E-state index contributed by atoms with van der Waals surface area (Å²) in [6.07, 6.45) is 4.82. The summed E-state index contributed by atoms with van der Waals surface area (Å²) in [7, 11) is -3.32. The van der Waals surface area contributed by atoms with E-state index in [4.69, 9.17) is 0 Å². The number of fused-ring (bicyclic) bond motifs is 1. The molecule has 2 N–H and O–H groups in total. The molecule has 0 saturated carbocycles. The number of hydrogen-bond donors (Lipinski definition) is 2. The predicted molar refractivity (Wildman–Crippen MR) is 131 cm³/mol. The molecule has 2 aromatic heterocycles. The molecule has 178 valence electrons. The molecular formula is C22H30N6O3S2. The Morgan fingerprint density at radius 1 is 1.15 bits per heavy atom. The van der Waals surface area contributed by atoms with Crippen molar-refractivity contribution in [3.05, 3.63) is 36.0 Å². The first kappa shape index (κ1) is 25.0. The first-order chi connectivity index (χ1) is 15.8.